The summed E-state index contributed by atoms with van der Waals surface area (Å²) in [5, 5.41) is 0. The van der Waals surface area contributed by atoms with Crippen LogP contribution >= 0.6 is 0 Å². The third-order valence-corrected chi connectivity index (χ3v) is 4.62. The van der Waals surface area contributed by atoms with Gasteiger partial charge in [-0.2, -0.15) is 0 Å². The highest BCUT2D eigenvalue weighted by atomic mass is 14.8. The second-order valence-electron chi connectivity index (χ2n) is 5.98. The maximum atomic E-state index is 6.62. The summed E-state index contributed by atoms with van der Waals surface area (Å²) in [5.41, 5.74) is 10.8. The van der Waals surface area contributed by atoms with Gasteiger partial charge in [0.15, 0.2) is 0 Å². The Balaban J connectivity index is 2.16. The molecule has 0 heterocycles. The molecular formula is C16H25N. The van der Waals surface area contributed by atoms with Crippen molar-refractivity contribution < 1.29 is 0 Å². The lowest BCUT2D eigenvalue weighted by molar-refractivity contribution is 0.204. The van der Waals surface area contributed by atoms with E-state index in [0.29, 0.717) is 5.92 Å². The predicted molar refractivity (Wildman–Crippen MR) is 74.2 cm³/mol. The van der Waals surface area contributed by atoms with Crippen LogP contribution in [-0.2, 0) is 6.42 Å². The summed E-state index contributed by atoms with van der Waals surface area (Å²) in [4.78, 5) is 0. The van der Waals surface area contributed by atoms with Crippen molar-refractivity contribution in [1.29, 1.82) is 0 Å². The van der Waals surface area contributed by atoms with Crippen molar-refractivity contribution in [3.05, 3.63) is 34.9 Å². The van der Waals surface area contributed by atoms with Gasteiger partial charge < -0.3 is 5.73 Å². The fourth-order valence-corrected chi connectivity index (χ4v) is 2.99. The highest BCUT2D eigenvalue weighted by molar-refractivity contribution is 5.31. The van der Waals surface area contributed by atoms with E-state index in [9.17, 15) is 0 Å². The molecule has 0 spiro atoms. The molecule has 2 unspecified atom stereocenters. The topological polar surface area (TPSA) is 26.0 Å². The molecule has 94 valence electrons. The Morgan fingerprint density at radius 1 is 1.24 bits per heavy atom. The minimum Gasteiger partial charge on any atom is -0.325 e. The van der Waals surface area contributed by atoms with E-state index in [0.717, 1.165) is 6.42 Å². The first-order chi connectivity index (χ1) is 8.01. The molecule has 1 nitrogen and oxygen atoms in total. The van der Waals surface area contributed by atoms with Gasteiger partial charge in [-0.25, -0.2) is 0 Å². The summed E-state index contributed by atoms with van der Waals surface area (Å²) in [5.74, 6) is 0.651. The summed E-state index contributed by atoms with van der Waals surface area (Å²) in [6, 6.07) is 6.78. The van der Waals surface area contributed by atoms with E-state index in [2.05, 4.69) is 39.0 Å². The fraction of sp³-hybridized carbons (Fsp3) is 0.625. The van der Waals surface area contributed by atoms with Gasteiger partial charge in [0.1, 0.15) is 0 Å². The second-order valence-corrected chi connectivity index (χ2v) is 5.98. The SMILES string of the molecule is Cc1ccc(CC2(N)CCCCC2C)cc1C. The molecule has 0 radical (unpaired) electrons. The van der Waals surface area contributed by atoms with E-state index >= 15 is 0 Å². The lowest BCUT2D eigenvalue weighted by Crippen LogP contribution is -2.49. The first-order valence-electron chi connectivity index (χ1n) is 6.86. The molecule has 1 saturated carbocycles. The van der Waals surface area contributed by atoms with Crippen LogP contribution in [0.25, 0.3) is 0 Å². The quantitative estimate of drug-likeness (QED) is 0.824. The first kappa shape index (κ1) is 12.6. The predicted octanol–water partition coefficient (Wildman–Crippen LogP) is 3.75. The highest BCUT2D eigenvalue weighted by Gasteiger charge is 2.34. The summed E-state index contributed by atoms with van der Waals surface area (Å²) < 4.78 is 0. The maximum absolute atomic E-state index is 6.62. The monoisotopic (exact) mass is 231 g/mol. The Labute approximate surface area is 105 Å². The molecular weight excluding hydrogens is 206 g/mol. The summed E-state index contributed by atoms with van der Waals surface area (Å²) in [6.07, 6.45) is 6.16. The van der Waals surface area contributed by atoms with Gasteiger partial charge >= 0.3 is 0 Å². The van der Waals surface area contributed by atoms with Crippen molar-refractivity contribution >= 4 is 0 Å². The Morgan fingerprint density at radius 2 is 2.00 bits per heavy atom. The van der Waals surface area contributed by atoms with Crippen LogP contribution in [0.4, 0.5) is 0 Å². The molecule has 1 fully saturated rings. The first-order valence-corrected chi connectivity index (χ1v) is 6.86. The average Bonchev–Trinajstić information content (AvgIpc) is 2.28. The number of hydrogen-bond donors (Lipinski definition) is 1. The average molecular weight is 231 g/mol. The molecule has 0 aliphatic heterocycles. The summed E-state index contributed by atoms with van der Waals surface area (Å²) in [6.45, 7) is 6.67. The third-order valence-electron chi connectivity index (χ3n) is 4.62. The molecule has 1 aromatic carbocycles. The lowest BCUT2D eigenvalue weighted by Gasteiger charge is -2.40. The van der Waals surface area contributed by atoms with Crippen LogP contribution in [0, 0.1) is 19.8 Å². The van der Waals surface area contributed by atoms with E-state index in [-0.39, 0.29) is 5.54 Å². The van der Waals surface area contributed by atoms with Crippen molar-refractivity contribution in [2.75, 3.05) is 0 Å². The zero-order valence-electron chi connectivity index (χ0n) is 11.4. The molecule has 0 saturated heterocycles. The molecule has 1 aliphatic carbocycles. The molecule has 17 heavy (non-hydrogen) atoms. The summed E-state index contributed by atoms with van der Waals surface area (Å²) in [7, 11) is 0. The minimum absolute atomic E-state index is 0.0277. The van der Waals surface area contributed by atoms with Gasteiger partial charge in [-0.1, -0.05) is 38.0 Å². The standard InChI is InChI=1S/C16H25N/c1-12-7-8-15(10-13(12)2)11-16(17)9-5-4-6-14(16)3/h7-8,10,14H,4-6,9,11,17H2,1-3H3. The Morgan fingerprint density at radius 3 is 2.65 bits per heavy atom. The Kier molecular flexibility index (Phi) is 3.58. The van der Waals surface area contributed by atoms with Crippen LogP contribution in [0.5, 0.6) is 0 Å². The van der Waals surface area contributed by atoms with Gasteiger partial charge in [-0.15, -0.1) is 0 Å². The number of rotatable bonds is 2. The normalized spacial score (nSPS) is 29.3. The van der Waals surface area contributed by atoms with E-state index in [4.69, 9.17) is 5.73 Å². The van der Waals surface area contributed by atoms with Crippen LogP contribution in [0.2, 0.25) is 0 Å². The molecule has 0 aromatic heterocycles. The van der Waals surface area contributed by atoms with E-state index in [1.807, 2.05) is 0 Å². The molecule has 0 amide bonds. The molecule has 1 aromatic rings. The van der Waals surface area contributed by atoms with Gasteiger partial charge in [0.2, 0.25) is 0 Å². The fourth-order valence-electron chi connectivity index (χ4n) is 2.99. The zero-order chi connectivity index (χ0) is 12.5. The Bertz CT molecular complexity index is 397. The summed E-state index contributed by atoms with van der Waals surface area (Å²) >= 11 is 0. The van der Waals surface area contributed by atoms with Crippen molar-refractivity contribution in [2.45, 2.75) is 58.4 Å². The van der Waals surface area contributed by atoms with Gasteiger partial charge in [0.05, 0.1) is 0 Å². The van der Waals surface area contributed by atoms with Crippen LogP contribution < -0.4 is 5.73 Å². The van der Waals surface area contributed by atoms with Crippen LogP contribution in [0.3, 0.4) is 0 Å². The smallest absolute Gasteiger partial charge is 0.0221 e. The largest absolute Gasteiger partial charge is 0.325 e. The van der Waals surface area contributed by atoms with Crippen LogP contribution in [-0.4, -0.2) is 5.54 Å². The molecule has 1 heteroatoms. The van der Waals surface area contributed by atoms with Crippen LogP contribution in [0.15, 0.2) is 18.2 Å². The molecule has 2 N–H and O–H groups in total. The van der Waals surface area contributed by atoms with E-state index in [1.54, 1.807) is 0 Å². The van der Waals surface area contributed by atoms with Crippen molar-refractivity contribution in [3.8, 4) is 0 Å². The van der Waals surface area contributed by atoms with Gasteiger partial charge in [0.25, 0.3) is 0 Å². The Hall–Kier alpha value is -0.820. The maximum Gasteiger partial charge on any atom is 0.0221 e. The van der Waals surface area contributed by atoms with E-state index < -0.39 is 0 Å². The number of benzene rings is 1. The van der Waals surface area contributed by atoms with Crippen molar-refractivity contribution in [3.63, 3.8) is 0 Å². The molecule has 2 rings (SSSR count). The van der Waals surface area contributed by atoms with Crippen molar-refractivity contribution in [2.24, 2.45) is 11.7 Å². The third kappa shape index (κ3) is 2.71. The molecule has 0 bridgehead atoms. The van der Waals surface area contributed by atoms with Gasteiger partial charge in [0, 0.05) is 5.54 Å². The number of aryl methyl sites for hydroxylation is 2. The second kappa shape index (κ2) is 4.81. The molecule has 1 aliphatic rings. The van der Waals surface area contributed by atoms with Gasteiger partial charge in [-0.05, 0) is 55.7 Å². The minimum atomic E-state index is 0.0277. The van der Waals surface area contributed by atoms with E-state index in [1.165, 1.54) is 42.4 Å². The molecule has 2 atom stereocenters. The highest BCUT2D eigenvalue weighted by Crippen LogP contribution is 2.34. The lowest BCUT2D eigenvalue weighted by atomic mass is 9.71. The van der Waals surface area contributed by atoms with Gasteiger partial charge in [-0.3, -0.25) is 0 Å². The number of nitrogens with two attached hydrogens (primary N) is 1. The zero-order valence-corrected chi connectivity index (χ0v) is 11.4. The van der Waals surface area contributed by atoms with Crippen LogP contribution in [0.1, 0.15) is 49.3 Å². The van der Waals surface area contributed by atoms with Crippen molar-refractivity contribution in [1.82, 2.24) is 0 Å². The number of hydrogen-bond acceptors (Lipinski definition) is 1.